The lowest BCUT2D eigenvalue weighted by Gasteiger charge is -2.11. The minimum absolute atomic E-state index is 0.258. The summed E-state index contributed by atoms with van der Waals surface area (Å²) < 4.78 is 37.7. The van der Waals surface area contributed by atoms with Crippen LogP contribution in [-0.4, -0.2) is 10.1 Å². The molecule has 0 amide bonds. The molecule has 1 N–H and O–H groups in total. The molecule has 0 saturated heterocycles. The number of alkyl halides is 3. The lowest BCUT2D eigenvalue weighted by molar-refractivity contribution is -0.137. The van der Waals surface area contributed by atoms with Crippen LogP contribution in [-0.2, 0) is 12.8 Å². The Morgan fingerprint density at radius 1 is 1.33 bits per heavy atom. The summed E-state index contributed by atoms with van der Waals surface area (Å²) in [5.41, 5.74) is 0.0983. The number of aliphatic hydroxyl groups excluding tert-OH is 1. The molecule has 0 spiro atoms. The van der Waals surface area contributed by atoms with Crippen LogP contribution in [0.5, 0.6) is 0 Å². The molecule has 0 aliphatic rings. The maximum Gasteiger partial charge on any atom is 0.416 e. The van der Waals surface area contributed by atoms with Crippen molar-refractivity contribution in [1.29, 1.82) is 0 Å². The van der Waals surface area contributed by atoms with E-state index < -0.39 is 18.3 Å². The van der Waals surface area contributed by atoms with Crippen molar-refractivity contribution in [1.82, 2.24) is 4.98 Å². The molecule has 1 aromatic heterocycles. The summed E-state index contributed by atoms with van der Waals surface area (Å²) in [7, 11) is 0. The molecule has 96 valence electrons. The normalized spacial score (nSPS) is 11.8. The smallest absolute Gasteiger partial charge is 0.392 e. The zero-order valence-electron chi connectivity index (χ0n) is 9.45. The third-order valence-corrected chi connectivity index (χ3v) is 3.44. The number of rotatable bonds is 2. The van der Waals surface area contributed by atoms with Gasteiger partial charge in [-0.25, -0.2) is 4.98 Å². The average Bonchev–Trinajstić information content (AvgIpc) is 2.73. The summed E-state index contributed by atoms with van der Waals surface area (Å²) in [6, 6.07) is 3.37. The molecular weight excluding hydrogens is 263 g/mol. The van der Waals surface area contributed by atoms with E-state index in [0.717, 1.165) is 22.0 Å². The summed E-state index contributed by atoms with van der Waals surface area (Å²) in [6.45, 7) is 1.38. The van der Waals surface area contributed by atoms with Crippen LogP contribution in [0.3, 0.4) is 0 Å². The Balaban J connectivity index is 2.50. The van der Waals surface area contributed by atoms with Crippen LogP contribution in [0, 0.1) is 6.92 Å². The molecule has 1 aromatic carbocycles. The number of hydrogen-bond donors (Lipinski definition) is 1. The van der Waals surface area contributed by atoms with Crippen LogP contribution in [0.25, 0.3) is 10.4 Å². The minimum atomic E-state index is -4.40. The summed E-state index contributed by atoms with van der Waals surface area (Å²) in [6.07, 6.45) is -2.80. The molecule has 1 heterocycles. The van der Waals surface area contributed by atoms with E-state index in [-0.39, 0.29) is 5.56 Å². The lowest BCUT2D eigenvalue weighted by Crippen LogP contribution is -2.06. The van der Waals surface area contributed by atoms with E-state index in [9.17, 15) is 18.3 Å². The Kier molecular flexibility index (Phi) is 3.41. The Hall–Kier alpha value is -1.40. The van der Waals surface area contributed by atoms with Gasteiger partial charge in [0, 0.05) is 6.20 Å². The molecule has 0 saturated carbocycles. The number of aryl methyl sites for hydroxylation is 1. The minimum Gasteiger partial charge on any atom is -0.392 e. The molecule has 0 atom stereocenters. The van der Waals surface area contributed by atoms with Gasteiger partial charge in [-0.1, -0.05) is 6.07 Å². The number of benzene rings is 1. The fraction of sp³-hybridized carbons (Fsp3) is 0.250. The van der Waals surface area contributed by atoms with E-state index in [0.29, 0.717) is 5.56 Å². The second-order valence-electron chi connectivity index (χ2n) is 3.77. The van der Waals surface area contributed by atoms with Crippen molar-refractivity contribution in [2.75, 3.05) is 0 Å². The SMILES string of the molecule is Cc1ncc(-c2ccc(C(F)(F)F)cc2CO)s1. The molecule has 0 unspecified atom stereocenters. The number of thiazole rings is 1. The Bertz CT molecular complexity index is 563. The van der Waals surface area contributed by atoms with Crippen molar-refractivity contribution in [3.63, 3.8) is 0 Å². The first kappa shape index (κ1) is 13.0. The molecule has 0 aliphatic carbocycles. The highest BCUT2D eigenvalue weighted by atomic mass is 32.1. The molecule has 0 aliphatic heterocycles. The predicted molar refractivity (Wildman–Crippen MR) is 63.2 cm³/mol. The molecule has 2 nitrogen and oxygen atoms in total. The summed E-state index contributed by atoms with van der Waals surface area (Å²) >= 11 is 1.38. The van der Waals surface area contributed by atoms with Crippen LogP contribution in [0.15, 0.2) is 24.4 Å². The first-order valence-corrected chi connectivity index (χ1v) is 5.97. The van der Waals surface area contributed by atoms with Crippen LogP contribution < -0.4 is 0 Å². The van der Waals surface area contributed by atoms with Gasteiger partial charge in [0.15, 0.2) is 0 Å². The molecule has 0 fully saturated rings. The van der Waals surface area contributed by atoms with Crippen molar-refractivity contribution in [3.05, 3.63) is 40.5 Å². The van der Waals surface area contributed by atoms with E-state index in [1.807, 2.05) is 6.92 Å². The van der Waals surface area contributed by atoms with Gasteiger partial charge >= 0.3 is 6.18 Å². The van der Waals surface area contributed by atoms with E-state index in [4.69, 9.17) is 0 Å². The molecule has 0 bridgehead atoms. The number of halogens is 3. The summed E-state index contributed by atoms with van der Waals surface area (Å²) in [5.74, 6) is 0. The molecule has 6 heteroatoms. The van der Waals surface area contributed by atoms with Gasteiger partial charge in [0.1, 0.15) is 0 Å². The topological polar surface area (TPSA) is 33.1 Å². The Morgan fingerprint density at radius 2 is 2.06 bits per heavy atom. The van der Waals surface area contributed by atoms with Gasteiger partial charge in [0.05, 0.1) is 22.1 Å². The summed E-state index contributed by atoms with van der Waals surface area (Å²) in [5, 5.41) is 10.0. The van der Waals surface area contributed by atoms with E-state index in [1.165, 1.54) is 17.4 Å². The van der Waals surface area contributed by atoms with Gasteiger partial charge in [-0.15, -0.1) is 11.3 Å². The maximum absolute atomic E-state index is 12.6. The molecular formula is C12H10F3NOS. The molecule has 0 radical (unpaired) electrons. The third-order valence-electron chi connectivity index (χ3n) is 2.49. The van der Waals surface area contributed by atoms with Crippen molar-refractivity contribution in [2.24, 2.45) is 0 Å². The average molecular weight is 273 g/mol. The zero-order chi connectivity index (χ0) is 13.3. The van der Waals surface area contributed by atoms with Crippen LogP contribution in [0.2, 0.25) is 0 Å². The van der Waals surface area contributed by atoms with Crippen molar-refractivity contribution in [2.45, 2.75) is 19.7 Å². The zero-order valence-corrected chi connectivity index (χ0v) is 10.3. The van der Waals surface area contributed by atoms with Crippen LogP contribution in [0.1, 0.15) is 16.1 Å². The molecule has 2 rings (SSSR count). The quantitative estimate of drug-likeness (QED) is 0.906. The first-order valence-electron chi connectivity index (χ1n) is 5.15. The number of aliphatic hydroxyl groups is 1. The highest BCUT2D eigenvalue weighted by molar-refractivity contribution is 7.15. The number of nitrogens with zero attached hydrogens (tertiary/aromatic N) is 1. The Labute approximate surface area is 106 Å². The highest BCUT2D eigenvalue weighted by Crippen LogP contribution is 2.35. The number of aromatic nitrogens is 1. The predicted octanol–water partition coefficient (Wildman–Crippen LogP) is 3.63. The van der Waals surface area contributed by atoms with Gasteiger partial charge < -0.3 is 5.11 Å². The highest BCUT2D eigenvalue weighted by Gasteiger charge is 2.31. The molecule has 2 aromatic rings. The van der Waals surface area contributed by atoms with Gasteiger partial charge in [0.2, 0.25) is 0 Å². The van der Waals surface area contributed by atoms with Crippen molar-refractivity contribution >= 4 is 11.3 Å². The van der Waals surface area contributed by atoms with E-state index in [1.54, 1.807) is 6.20 Å². The van der Waals surface area contributed by atoms with Crippen LogP contribution in [0.4, 0.5) is 13.2 Å². The summed E-state index contributed by atoms with van der Waals surface area (Å²) in [4.78, 5) is 4.81. The van der Waals surface area contributed by atoms with Gasteiger partial charge in [0.25, 0.3) is 0 Å². The van der Waals surface area contributed by atoms with Crippen molar-refractivity contribution in [3.8, 4) is 10.4 Å². The first-order chi connectivity index (χ1) is 8.41. The Morgan fingerprint density at radius 3 is 2.56 bits per heavy atom. The van der Waals surface area contributed by atoms with E-state index in [2.05, 4.69) is 4.98 Å². The monoisotopic (exact) mass is 273 g/mol. The third kappa shape index (κ3) is 2.54. The van der Waals surface area contributed by atoms with Crippen LogP contribution >= 0.6 is 11.3 Å². The van der Waals surface area contributed by atoms with Gasteiger partial charge in [-0.2, -0.15) is 13.2 Å². The number of hydrogen-bond acceptors (Lipinski definition) is 3. The van der Waals surface area contributed by atoms with Gasteiger partial charge in [-0.05, 0) is 30.2 Å². The molecule has 18 heavy (non-hydrogen) atoms. The standard InChI is InChI=1S/C12H10F3NOS/c1-7-16-5-11(18-7)10-3-2-9(12(13,14)15)4-8(10)6-17/h2-5,17H,6H2,1H3. The second-order valence-corrected chi connectivity index (χ2v) is 5.01. The van der Waals surface area contributed by atoms with Crippen molar-refractivity contribution < 1.29 is 18.3 Å². The lowest BCUT2D eigenvalue weighted by atomic mass is 10.0. The fourth-order valence-electron chi connectivity index (χ4n) is 1.63. The largest absolute Gasteiger partial charge is 0.416 e. The maximum atomic E-state index is 12.6. The van der Waals surface area contributed by atoms with E-state index >= 15 is 0 Å². The second kappa shape index (κ2) is 4.70. The van der Waals surface area contributed by atoms with Gasteiger partial charge in [-0.3, -0.25) is 0 Å². The fourth-order valence-corrected chi connectivity index (χ4v) is 2.47.